The number of halogens is 1. The highest BCUT2D eigenvalue weighted by atomic mass is 79.9. The summed E-state index contributed by atoms with van der Waals surface area (Å²) in [5.74, 6) is -2.60. The second-order valence-electron chi connectivity index (χ2n) is 4.46. The molecule has 18 heavy (non-hydrogen) atoms. The van der Waals surface area contributed by atoms with Gasteiger partial charge in [0, 0.05) is 11.9 Å². The Morgan fingerprint density at radius 1 is 1.44 bits per heavy atom. The second-order valence-corrected chi connectivity index (χ2v) is 7.01. The summed E-state index contributed by atoms with van der Waals surface area (Å²) < 4.78 is 0.997. The molecule has 4 nitrogen and oxygen atoms in total. The summed E-state index contributed by atoms with van der Waals surface area (Å²) in [6.45, 7) is 3.92. The molecule has 1 N–H and O–H groups in total. The Kier molecular flexibility index (Phi) is 5.34. The van der Waals surface area contributed by atoms with Crippen LogP contribution in [0, 0.1) is 11.8 Å². The molecule has 1 rings (SSSR count). The Morgan fingerprint density at radius 2 is 2.06 bits per heavy atom. The summed E-state index contributed by atoms with van der Waals surface area (Å²) in [5, 5.41) is 9.08. The van der Waals surface area contributed by atoms with Crippen LogP contribution in [-0.4, -0.2) is 28.9 Å². The van der Waals surface area contributed by atoms with Gasteiger partial charge in [-0.15, -0.1) is 11.3 Å². The molecular formula is C12H16BrNO3S. The first-order chi connectivity index (χ1) is 8.32. The molecule has 1 unspecified atom stereocenters. The van der Waals surface area contributed by atoms with Gasteiger partial charge in [-0.25, -0.2) is 0 Å². The molecule has 100 valence electrons. The first-order valence-corrected chi connectivity index (χ1v) is 7.16. The van der Waals surface area contributed by atoms with Gasteiger partial charge in [-0.3, -0.25) is 9.59 Å². The highest BCUT2D eigenvalue weighted by molar-refractivity contribution is 9.11. The van der Waals surface area contributed by atoms with E-state index in [0.717, 1.165) is 8.66 Å². The molecule has 0 aliphatic carbocycles. The molecule has 1 atom stereocenters. The first-order valence-electron chi connectivity index (χ1n) is 5.55. The summed E-state index contributed by atoms with van der Waals surface area (Å²) in [4.78, 5) is 25.7. The minimum Gasteiger partial charge on any atom is -0.481 e. The molecule has 1 heterocycles. The van der Waals surface area contributed by atoms with Gasteiger partial charge in [0.1, 0.15) is 5.92 Å². The van der Waals surface area contributed by atoms with Crippen molar-refractivity contribution in [3.8, 4) is 0 Å². The summed E-state index contributed by atoms with van der Waals surface area (Å²) in [6.07, 6.45) is 0. The van der Waals surface area contributed by atoms with E-state index in [0.29, 0.717) is 6.54 Å². The Bertz CT molecular complexity index is 444. The van der Waals surface area contributed by atoms with Gasteiger partial charge in [0.15, 0.2) is 0 Å². The van der Waals surface area contributed by atoms with Gasteiger partial charge in [0.2, 0.25) is 5.91 Å². The number of thiophene rings is 1. The molecule has 1 amide bonds. The number of hydrogen-bond donors (Lipinski definition) is 1. The molecule has 0 saturated heterocycles. The van der Waals surface area contributed by atoms with Crippen LogP contribution in [0.15, 0.2) is 15.9 Å². The molecule has 0 aromatic carbocycles. The zero-order chi connectivity index (χ0) is 13.9. The lowest BCUT2D eigenvalue weighted by Crippen LogP contribution is -2.39. The summed E-state index contributed by atoms with van der Waals surface area (Å²) in [5.41, 5.74) is 0. The van der Waals surface area contributed by atoms with Gasteiger partial charge in [-0.1, -0.05) is 13.8 Å². The first kappa shape index (κ1) is 15.2. The number of carbonyl (C=O) groups is 2. The fraction of sp³-hybridized carbons (Fsp3) is 0.500. The third-order valence-electron chi connectivity index (χ3n) is 2.60. The smallest absolute Gasteiger partial charge is 0.316 e. The molecule has 6 heteroatoms. The Balaban J connectivity index is 2.73. The third kappa shape index (κ3) is 3.81. The number of rotatable bonds is 5. The van der Waals surface area contributed by atoms with Crippen molar-refractivity contribution in [2.45, 2.75) is 20.4 Å². The van der Waals surface area contributed by atoms with Gasteiger partial charge < -0.3 is 10.0 Å². The third-order valence-corrected chi connectivity index (χ3v) is 4.21. The maximum absolute atomic E-state index is 12.1. The zero-order valence-electron chi connectivity index (χ0n) is 10.5. The van der Waals surface area contributed by atoms with E-state index in [1.807, 2.05) is 12.1 Å². The molecule has 0 aliphatic rings. The van der Waals surface area contributed by atoms with Crippen LogP contribution >= 0.6 is 27.3 Å². The lowest BCUT2D eigenvalue weighted by molar-refractivity contribution is -0.152. The lowest BCUT2D eigenvalue weighted by atomic mass is 9.94. The molecule has 1 aromatic heterocycles. The van der Waals surface area contributed by atoms with Gasteiger partial charge >= 0.3 is 5.97 Å². The number of carboxylic acids is 1. The molecule has 0 aliphatic heterocycles. The average Bonchev–Trinajstić information content (AvgIpc) is 2.62. The predicted octanol–water partition coefficient (Wildman–Crippen LogP) is 2.83. The topological polar surface area (TPSA) is 57.6 Å². The molecule has 0 bridgehead atoms. The number of carboxylic acid groups (broad SMARTS) is 1. The number of amides is 1. The molecule has 0 saturated carbocycles. The number of carbonyl (C=O) groups excluding carboxylic acids is 1. The van der Waals surface area contributed by atoms with Crippen LogP contribution in [0.1, 0.15) is 18.7 Å². The minimum atomic E-state index is -1.06. The molecular weight excluding hydrogens is 318 g/mol. The minimum absolute atomic E-state index is 0.215. The van der Waals surface area contributed by atoms with Gasteiger partial charge in [-0.2, -0.15) is 0 Å². The van der Waals surface area contributed by atoms with Crippen molar-refractivity contribution in [1.82, 2.24) is 4.90 Å². The van der Waals surface area contributed by atoms with E-state index in [1.165, 1.54) is 16.2 Å². The SMILES string of the molecule is CC(C)C(C(=O)O)C(=O)N(C)Cc1ccc(Br)s1. The fourth-order valence-corrected chi connectivity index (χ4v) is 3.20. The van der Waals surface area contributed by atoms with Crippen LogP contribution in [-0.2, 0) is 16.1 Å². The summed E-state index contributed by atoms with van der Waals surface area (Å²) >= 11 is 4.89. The normalized spacial score (nSPS) is 12.5. The van der Waals surface area contributed by atoms with Crippen molar-refractivity contribution in [2.24, 2.45) is 11.8 Å². The van der Waals surface area contributed by atoms with E-state index in [4.69, 9.17) is 5.11 Å². The zero-order valence-corrected chi connectivity index (χ0v) is 12.9. The molecule has 1 aromatic rings. The largest absolute Gasteiger partial charge is 0.481 e. The lowest BCUT2D eigenvalue weighted by Gasteiger charge is -2.23. The number of hydrogen-bond acceptors (Lipinski definition) is 3. The van der Waals surface area contributed by atoms with Crippen molar-refractivity contribution < 1.29 is 14.7 Å². The van der Waals surface area contributed by atoms with Gasteiger partial charge in [0.25, 0.3) is 0 Å². The second kappa shape index (κ2) is 6.33. The standard InChI is InChI=1S/C12H16BrNO3S/c1-7(2)10(12(16)17)11(15)14(3)6-8-4-5-9(13)18-8/h4-5,7,10H,6H2,1-3H3,(H,16,17). The number of nitrogens with zero attached hydrogens (tertiary/aromatic N) is 1. The molecule has 0 fully saturated rings. The van der Waals surface area contributed by atoms with Crippen LogP contribution < -0.4 is 0 Å². The van der Waals surface area contributed by atoms with Crippen molar-refractivity contribution in [1.29, 1.82) is 0 Å². The van der Waals surface area contributed by atoms with Crippen LogP contribution in [0.3, 0.4) is 0 Å². The summed E-state index contributed by atoms with van der Waals surface area (Å²) in [7, 11) is 1.63. The molecule has 0 radical (unpaired) electrons. The Morgan fingerprint density at radius 3 is 2.44 bits per heavy atom. The maximum atomic E-state index is 12.1. The quantitative estimate of drug-likeness (QED) is 0.843. The van der Waals surface area contributed by atoms with Gasteiger partial charge in [0.05, 0.1) is 10.3 Å². The van der Waals surface area contributed by atoms with Crippen LogP contribution in [0.4, 0.5) is 0 Å². The average molecular weight is 334 g/mol. The maximum Gasteiger partial charge on any atom is 0.316 e. The van der Waals surface area contributed by atoms with E-state index in [9.17, 15) is 9.59 Å². The fourth-order valence-electron chi connectivity index (χ4n) is 1.66. The van der Waals surface area contributed by atoms with Crippen molar-refractivity contribution in [2.75, 3.05) is 7.05 Å². The van der Waals surface area contributed by atoms with E-state index in [1.54, 1.807) is 20.9 Å². The number of aliphatic carboxylic acids is 1. The van der Waals surface area contributed by atoms with Crippen molar-refractivity contribution >= 4 is 39.1 Å². The van der Waals surface area contributed by atoms with E-state index >= 15 is 0 Å². The summed E-state index contributed by atoms with van der Waals surface area (Å²) in [6, 6.07) is 3.83. The van der Waals surface area contributed by atoms with E-state index < -0.39 is 11.9 Å². The van der Waals surface area contributed by atoms with Gasteiger partial charge in [-0.05, 0) is 34.0 Å². The van der Waals surface area contributed by atoms with Crippen LogP contribution in [0.25, 0.3) is 0 Å². The van der Waals surface area contributed by atoms with Crippen molar-refractivity contribution in [3.63, 3.8) is 0 Å². The monoisotopic (exact) mass is 333 g/mol. The Hall–Kier alpha value is -0.880. The predicted molar refractivity (Wildman–Crippen MR) is 74.5 cm³/mol. The van der Waals surface area contributed by atoms with E-state index in [-0.39, 0.29) is 11.8 Å². The highest BCUT2D eigenvalue weighted by Crippen LogP contribution is 2.24. The highest BCUT2D eigenvalue weighted by Gasteiger charge is 2.31. The molecule has 0 spiro atoms. The van der Waals surface area contributed by atoms with Crippen LogP contribution in [0.2, 0.25) is 0 Å². The Labute approximate surface area is 119 Å². The van der Waals surface area contributed by atoms with E-state index in [2.05, 4.69) is 15.9 Å². The van der Waals surface area contributed by atoms with Crippen LogP contribution in [0.5, 0.6) is 0 Å². The van der Waals surface area contributed by atoms with Crippen molar-refractivity contribution in [3.05, 3.63) is 20.8 Å².